The molecule has 31 heavy (non-hydrogen) atoms. The number of carboxylic acid groups (broad SMARTS) is 1. The zero-order valence-electron chi connectivity index (χ0n) is 17.8. The first-order valence-corrected chi connectivity index (χ1v) is 9.74. The third-order valence-electron chi connectivity index (χ3n) is 5.02. The van der Waals surface area contributed by atoms with E-state index in [0.29, 0.717) is 18.7 Å². The van der Waals surface area contributed by atoms with Gasteiger partial charge in [0, 0.05) is 44.4 Å². The number of nitrogens with zero attached hydrogens (tertiary/aromatic N) is 2. The number of hydrogen-bond donors (Lipinski definition) is 0. The number of carboxylic acids is 1. The zero-order valence-corrected chi connectivity index (χ0v) is 20.9. The Balaban J connectivity index is 0.00000341. The molecule has 1 fully saturated rings. The Morgan fingerprint density at radius 2 is 1.32 bits per heavy atom. The van der Waals surface area contributed by atoms with Gasteiger partial charge in [0.25, 0.3) is 0 Å². The van der Waals surface area contributed by atoms with Crippen LogP contribution < -0.4 is 61.4 Å². The molecule has 2 aromatic carbocycles. The van der Waals surface area contributed by atoms with Crippen LogP contribution in [0.15, 0.2) is 60.7 Å². The van der Waals surface area contributed by atoms with Crippen molar-refractivity contribution in [3.8, 4) is 0 Å². The molecule has 1 saturated heterocycles. The summed E-state index contributed by atoms with van der Waals surface area (Å²) in [6.45, 7) is 4.56. The minimum atomic E-state index is -1.24. The van der Waals surface area contributed by atoms with Crippen molar-refractivity contribution in [1.82, 2.24) is 4.90 Å². The molecule has 1 aliphatic rings. The van der Waals surface area contributed by atoms with E-state index in [9.17, 15) is 19.5 Å². The van der Waals surface area contributed by atoms with Gasteiger partial charge in [-0.2, -0.15) is 0 Å². The molecule has 0 radical (unpaired) electrons. The summed E-state index contributed by atoms with van der Waals surface area (Å²) in [5.74, 6) is -1.23. The van der Waals surface area contributed by atoms with Crippen LogP contribution in [-0.4, -0.2) is 48.7 Å². The number of hydrogen-bond acceptors (Lipinski definition) is 5. The van der Waals surface area contributed by atoms with Gasteiger partial charge < -0.3 is 19.7 Å². The van der Waals surface area contributed by atoms with E-state index in [4.69, 9.17) is 0 Å². The molecule has 2 aromatic rings. The van der Waals surface area contributed by atoms with Crippen LogP contribution in [0.4, 0.5) is 5.69 Å². The molecule has 0 bridgehead atoms. The summed E-state index contributed by atoms with van der Waals surface area (Å²) in [6, 6.07) is 14.6. The summed E-state index contributed by atoms with van der Waals surface area (Å²) in [7, 11) is 0. The fourth-order valence-electron chi connectivity index (χ4n) is 3.27. The van der Waals surface area contributed by atoms with Gasteiger partial charge in [-0.05, 0) is 47.5 Å². The Bertz CT molecular complexity index is 974. The molecule has 0 N–H and O–H groups in total. The van der Waals surface area contributed by atoms with E-state index in [1.54, 1.807) is 25.1 Å². The monoisotopic (exact) mass is 442 g/mol. The Hall–Kier alpha value is -2.03. The third kappa shape index (κ3) is 7.55. The normalized spacial score (nSPS) is 14.0. The fraction of sp³-hybridized carbons (Fsp3) is 0.208. The summed E-state index contributed by atoms with van der Waals surface area (Å²) in [4.78, 5) is 38.4. The third-order valence-corrected chi connectivity index (χ3v) is 5.02. The molecule has 1 heterocycles. The maximum Gasteiger partial charge on any atom is 1.00 e. The molecular formula is C24H23KN2O4. The van der Waals surface area contributed by atoms with Gasteiger partial charge in [0.1, 0.15) is 0 Å². The van der Waals surface area contributed by atoms with Crippen LogP contribution in [0.25, 0.3) is 12.2 Å². The van der Waals surface area contributed by atoms with Crippen molar-refractivity contribution in [2.75, 3.05) is 31.1 Å². The van der Waals surface area contributed by atoms with Crippen molar-refractivity contribution in [1.29, 1.82) is 0 Å². The number of ketones is 1. The molecular weight excluding hydrogens is 419 g/mol. The summed E-state index contributed by atoms with van der Waals surface area (Å²) >= 11 is 0. The molecule has 1 aliphatic heterocycles. The first-order chi connectivity index (χ1) is 14.4. The summed E-state index contributed by atoms with van der Waals surface area (Å²) in [5.41, 5.74) is 3.22. The van der Waals surface area contributed by atoms with Crippen molar-refractivity contribution in [3.05, 3.63) is 77.4 Å². The van der Waals surface area contributed by atoms with E-state index in [0.717, 1.165) is 36.0 Å². The van der Waals surface area contributed by atoms with Crippen LogP contribution in [0.5, 0.6) is 0 Å². The number of amides is 1. The topological polar surface area (TPSA) is 80.8 Å². The average molecular weight is 443 g/mol. The largest absolute Gasteiger partial charge is 1.00 e. The molecule has 0 unspecified atom stereocenters. The van der Waals surface area contributed by atoms with Crippen LogP contribution in [0.2, 0.25) is 0 Å². The summed E-state index contributed by atoms with van der Waals surface area (Å²) < 4.78 is 0. The SMILES string of the molecule is CC(=O)N1CCN(c2ccc(C(=O)/C=C/c3ccc(/C=C/C(=O)[O-])cc3)cc2)CC1.[K+]. The number of piperazine rings is 1. The van der Waals surface area contributed by atoms with Gasteiger partial charge in [-0.1, -0.05) is 36.4 Å². The van der Waals surface area contributed by atoms with Crippen molar-refractivity contribution in [2.45, 2.75) is 6.92 Å². The first kappa shape index (κ1) is 25.2. The van der Waals surface area contributed by atoms with Gasteiger partial charge in [-0.25, -0.2) is 0 Å². The van der Waals surface area contributed by atoms with E-state index in [2.05, 4.69) is 4.90 Å². The quantitative estimate of drug-likeness (QED) is 0.326. The second-order valence-corrected chi connectivity index (χ2v) is 7.06. The van der Waals surface area contributed by atoms with Crippen molar-refractivity contribution >= 4 is 35.5 Å². The van der Waals surface area contributed by atoms with E-state index in [1.165, 1.54) is 12.2 Å². The molecule has 7 heteroatoms. The van der Waals surface area contributed by atoms with Gasteiger partial charge in [0.05, 0.1) is 5.97 Å². The van der Waals surface area contributed by atoms with Crippen molar-refractivity contribution in [2.24, 2.45) is 0 Å². The smallest absolute Gasteiger partial charge is 0.545 e. The van der Waals surface area contributed by atoms with Crippen LogP contribution in [0.1, 0.15) is 28.4 Å². The van der Waals surface area contributed by atoms with Crippen LogP contribution >= 0.6 is 0 Å². The van der Waals surface area contributed by atoms with Gasteiger partial charge >= 0.3 is 51.4 Å². The number of allylic oxidation sites excluding steroid dienone is 1. The number of aliphatic carboxylic acids is 1. The molecule has 0 saturated carbocycles. The molecule has 154 valence electrons. The molecule has 0 spiro atoms. The molecule has 1 amide bonds. The number of rotatable bonds is 6. The number of carbonyl (C=O) groups excluding carboxylic acids is 3. The summed E-state index contributed by atoms with van der Waals surface area (Å²) in [5, 5.41) is 10.4. The fourth-order valence-corrected chi connectivity index (χ4v) is 3.27. The molecule has 0 aliphatic carbocycles. The van der Waals surface area contributed by atoms with E-state index in [1.807, 2.05) is 41.3 Å². The van der Waals surface area contributed by atoms with Gasteiger partial charge in [0.2, 0.25) is 5.91 Å². The minimum Gasteiger partial charge on any atom is -0.545 e. The molecule has 0 atom stereocenters. The molecule has 6 nitrogen and oxygen atoms in total. The maximum absolute atomic E-state index is 12.4. The average Bonchev–Trinajstić information content (AvgIpc) is 2.77. The van der Waals surface area contributed by atoms with E-state index in [-0.39, 0.29) is 63.1 Å². The van der Waals surface area contributed by atoms with Gasteiger partial charge in [0.15, 0.2) is 5.78 Å². The Labute approximate surface area is 224 Å². The Kier molecular flexibility index (Phi) is 9.86. The van der Waals surface area contributed by atoms with Crippen molar-refractivity contribution in [3.63, 3.8) is 0 Å². The first-order valence-electron chi connectivity index (χ1n) is 9.74. The number of anilines is 1. The van der Waals surface area contributed by atoms with Gasteiger partial charge in [-0.3, -0.25) is 9.59 Å². The number of carbonyl (C=O) groups is 3. The van der Waals surface area contributed by atoms with Crippen LogP contribution in [0.3, 0.4) is 0 Å². The van der Waals surface area contributed by atoms with Crippen LogP contribution in [0, 0.1) is 0 Å². The molecule has 0 aromatic heterocycles. The standard InChI is InChI=1S/C24H24N2O4.K/c1-18(27)25-14-16-26(17-15-25)22-10-8-21(9-11-22)23(28)12-6-19-2-4-20(5-3-19)7-13-24(29)30;/h2-13H,14-17H2,1H3,(H,29,30);/q;+1/p-1/b12-6+,13-7+;. The molecule has 3 rings (SSSR count). The summed E-state index contributed by atoms with van der Waals surface area (Å²) in [6.07, 6.45) is 5.67. The Morgan fingerprint density at radius 3 is 1.81 bits per heavy atom. The predicted octanol–water partition coefficient (Wildman–Crippen LogP) is -0.982. The second-order valence-electron chi connectivity index (χ2n) is 7.06. The van der Waals surface area contributed by atoms with Gasteiger partial charge in [-0.15, -0.1) is 0 Å². The van der Waals surface area contributed by atoms with E-state index < -0.39 is 5.97 Å². The second kappa shape index (κ2) is 12.1. The minimum absolute atomic E-state index is 0. The zero-order chi connectivity index (χ0) is 21.5. The van der Waals surface area contributed by atoms with Crippen molar-refractivity contribution < 1.29 is 70.9 Å². The maximum atomic E-state index is 12.4. The van der Waals surface area contributed by atoms with Crippen LogP contribution in [-0.2, 0) is 9.59 Å². The Morgan fingerprint density at radius 1 is 0.806 bits per heavy atom. The van der Waals surface area contributed by atoms with E-state index >= 15 is 0 Å². The predicted molar refractivity (Wildman–Crippen MR) is 115 cm³/mol. The number of benzene rings is 2.